The van der Waals surface area contributed by atoms with Crippen LogP contribution in [-0.4, -0.2) is 45.5 Å². The molecule has 4 rings (SSSR count). The van der Waals surface area contributed by atoms with Gasteiger partial charge >= 0.3 is 0 Å². The van der Waals surface area contributed by atoms with Crippen molar-refractivity contribution < 1.29 is 22.4 Å². The molecule has 0 bridgehead atoms. The molecule has 0 aliphatic carbocycles. The van der Waals surface area contributed by atoms with Crippen LogP contribution in [0.1, 0.15) is 38.4 Å². The number of nitrogens with one attached hydrogen (secondary N) is 1. The van der Waals surface area contributed by atoms with E-state index in [1.165, 1.54) is 0 Å². The number of amides is 1. The maximum absolute atomic E-state index is 13.4. The standard InChI is InChI=1S/C24H28N2O5S/c1-15-7-5-6-8-19(15)14-25-32(28,29)23-17(3)16(2)13-20-18(4)21(31-22(20)23)24(27)26-9-11-30-12-10-26/h5-8,13,25H,9-12,14H2,1-4H3. The molecule has 0 atom stereocenters. The van der Waals surface area contributed by atoms with Crippen LogP contribution in [0.5, 0.6) is 0 Å². The number of fused-ring (bicyclic) bond motifs is 1. The van der Waals surface area contributed by atoms with Crippen molar-refractivity contribution in [2.45, 2.75) is 39.1 Å². The van der Waals surface area contributed by atoms with Crippen molar-refractivity contribution in [2.24, 2.45) is 0 Å². The summed E-state index contributed by atoms with van der Waals surface area (Å²) in [6.45, 7) is 9.46. The number of rotatable bonds is 5. The number of nitrogens with zero attached hydrogens (tertiary/aromatic N) is 1. The van der Waals surface area contributed by atoms with Crippen LogP contribution in [0.3, 0.4) is 0 Å². The zero-order chi connectivity index (χ0) is 23.0. The molecular weight excluding hydrogens is 428 g/mol. The lowest BCUT2D eigenvalue weighted by Crippen LogP contribution is -2.40. The molecular formula is C24H28N2O5S. The Balaban J connectivity index is 1.77. The van der Waals surface area contributed by atoms with Crippen molar-refractivity contribution in [1.29, 1.82) is 0 Å². The average Bonchev–Trinajstić information content (AvgIpc) is 3.09. The fourth-order valence-electron chi connectivity index (χ4n) is 4.03. The van der Waals surface area contributed by atoms with Crippen molar-refractivity contribution >= 4 is 26.9 Å². The molecule has 2 aromatic carbocycles. The second kappa shape index (κ2) is 8.69. The van der Waals surface area contributed by atoms with E-state index in [1.54, 1.807) is 18.7 Å². The second-order valence-corrected chi connectivity index (χ2v) is 9.94. The van der Waals surface area contributed by atoms with Gasteiger partial charge in [0.2, 0.25) is 10.0 Å². The molecule has 0 radical (unpaired) electrons. The third-order valence-electron chi connectivity index (χ3n) is 6.17. The van der Waals surface area contributed by atoms with Crippen molar-refractivity contribution in [3.63, 3.8) is 0 Å². The van der Waals surface area contributed by atoms with E-state index < -0.39 is 10.0 Å². The molecule has 1 saturated heterocycles. The lowest BCUT2D eigenvalue weighted by atomic mass is 10.0. The highest BCUT2D eigenvalue weighted by molar-refractivity contribution is 7.89. The predicted molar refractivity (Wildman–Crippen MR) is 122 cm³/mol. The Labute approximate surface area is 188 Å². The Kier molecular flexibility index (Phi) is 6.11. The third-order valence-corrected chi connectivity index (χ3v) is 7.72. The van der Waals surface area contributed by atoms with Gasteiger partial charge in [-0.2, -0.15) is 0 Å². The molecule has 170 valence electrons. The first-order valence-corrected chi connectivity index (χ1v) is 12.1. The van der Waals surface area contributed by atoms with Gasteiger partial charge in [0.1, 0.15) is 4.90 Å². The average molecular weight is 457 g/mol. The Morgan fingerprint density at radius 2 is 1.72 bits per heavy atom. The van der Waals surface area contributed by atoms with Crippen LogP contribution in [0.25, 0.3) is 11.0 Å². The summed E-state index contributed by atoms with van der Waals surface area (Å²) in [7, 11) is -3.90. The lowest BCUT2D eigenvalue weighted by Gasteiger charge is -2.26. The van der Waals surface area contributed by atoms with Crippen LogP contribution >= 0.6 is 0 Å². The van der Waals surface area contributed by atoms with E-state index >= 15 is 0 Å². The van der Waals surface area contributed by atoms with Gasteiger partial charge in [-0.05, 0) is 56.0 Å². The first-order chi connectivity index (χ1) is 15.2. The van der Waals surface area contributed by atoms with Crippen molar-refractivity contribution in [3.8, 4) is 0 Å². The number of carbonyl (C=O) groups is 1. The van der Waals surface area contributed by atoms with E-state index in [0.29, 0.717) is 42.8 Å². The molecule has 8 heteroatoms. The second-order valence-electron chi connectivity index (χ2n) is 8.24. The van der Waals surface area contributed by atoms with E-state index in [0.717, 1.165) is 16.7 Å². The molecule has 1 aliphatic rings. The predicted octanol–water partition coefficient (Wildman–Crippen LogP) is 3.62. The fraction of sp³-hybridized carbons (Fsp3) is 0.375. The molecule has 7 nitrogen and oxygen atoms in total. The largest absolute Gasteiger partial charge is 0.449 e. The number of carbonyl (C=O) groups excluding carboxylic acids is 1. The summed E-state index contributed by atoms with van der Waals surface area (Å²) in [5.41, 5.74) is 4.20. The summed E-state index contributed by atoms with van der Waals surface area (Å²) in [5.74, 6) is -0.0595. The Morgan fingerprint density at radius 1 is 1.03 bits per heavy atom. The highest BCUT2D eigenvalue weighted by Crippen LogP contribution is 2.35. The molecule has 1 aromatic heterocycles. The van der Waals surface area contributed by atoms with Gasteiger partial charge in [-0.25, -0.2) is 13.1 Å². The summed E-state index contributed by atoms with van der Waals surface area (Å²) in [6, 6.07) is 9.53. The SMILES string of the molecule is Cc1ccccc1CNS(=O)(=O)c1c(C)c(C)cc2c(C)c(C(=O)N3CCOCC3)oc12. The van der Waals surface area contributed by atoms with Crippen LogP contribution < -0.4 is 4.72 Å². The smallest absolute Gasteiger partial charge is 0.290 e. The Morgan fingerprint density at radius 3 is 2.41 bits per heavy atom. The quantitative estimate of drug-likeness (QED) is 0.634. The van der Waals surface area contributed by atoms with E-state index in [4.69, 9.17) is 9.15 Å². The Bertz CT molecular complexity index is 1290. The topological polar surface area (TPSA) is 88.9 Å². The molecule has 0 unspecified atom stereocenters. The third kappa shape index (κ3) is 4.05. The van der Waals surface area contributed by atoms with E-state index in [9.17, 15) is 13.2 Å². The zero-order valence-electron chi connectivity index (χ0n) is 18.8. The molecule has 0 saturated carbocycles. The molecule has 0 spiro atoms. The minimum atomic E-state index is -3.90. The van der Waals surface area contributed by atoms with E-state index in [-0.39, 0.29) is 28.7 Å². The highest BCUT2D eigenvalue weighted by Gasteiger charge is 2.30. The number of sulfonamides is 1. The van der Waals surface area contributed by atoms with Gasteiger partial charge < -0.3 is 14.1 Å². The van der Waals surface area contributed by atoms with E-state index in [2.05, 4.69) is 4.72 Å². The molecule has 1 amide bonds. The van der Waals surface area contributed by atoms with Crippen LogP contribution in [0.15, 0.2) is 39.6 Å². The Hall–Kier alpha value is -2.68. The molecule has 2 heterocycles. The van der Waals surface area contributed by atoms with Gasteiger partial charge in [0.05, 0.1) is 13.2 Å². The summed E-state index contributed by atoms with van der Waals surface area (Å²) in [5, 5.41) is 0.640. The van der Waals surface area contributed by atoms with Gasteiger partial charge in [0, 0.05) is 30.6 Å². The van der Waals surface area contributed by atoms with E-state index in [1.807, 2.05) is 44.2 Å². The normalized spacial score (nSPS) is 14.8. The number of benzene rings is 2. The molecule has 3 aromatic rings. The fourth-order valence-corrected chi connectivity index (χ4v) is 5.48. The van der Waals surface area contributed by atoms with Gasteiger partial charge in [-0.15, -0.1) is 0 Å². The number of hydrogen-bond acceptors (Lipinski definition) is 5. The molecule has 1 N–H and O–H groups in total. The van der Waals surface area contributed by atoms with Crippen molar-refractivity contribution in [3.05, 3.63) is 63.9 Å². The van der Waals surface area contributed by atoms with Gasteiger partial charge in [0.15, 0.2) is 11.3 Å². The van der Waals surface area contributed by atoms with Crippen LogP contribution in [0, 0.1) is 27.7 Å². The molecule has 32 heavy (non-hydrogen) atoms. The summed E-state index contributed by atoms with van der Waals surface area (Å²) >= 11 is 0. The number of ether oxygens (including phenoxy) is 1. The van der Waals surface area contributed by atoms with Gasteiger partial charge in [-0.1, -0.05) is 24.3 Å². The van der Waals surface area contributed by atoms with Crippen LogP contribution in [0.4, 0.5) is 0 Å². The summed E-state index contributed by atoms with van der Waals surface area (Å²) < 4.78 is 40.9. The number of morpholine rings is 1. The van der Waals surface area contributed by atoms with Gasteiger partial charge in [-0.3, -0.25) is 4.79 Å². The minimum absolute atomic E-state index is 0.0882. The van der Waals surface area contributed by atoms with Crippen molar-refractivity contribution in [2.75, 3.05) is 26.3 Å². The highest BCUT2D eigenvalue weighted by atomic mass is 32.2. The minimum Gasteiger partial charge on any atom is -0.449 e. The maximum Gasteiger partial charge on any atom is 0.290 e. The number of aryl methyl sites for hydroxylation is 3. The molecule has 1 aliphatic heterocycles. The number of hydrogen-bond donors (Lipinski definition) is 1. The first kappa shape index (κ1) is 22.5. The number of furan rings is 1. The summed E-state index contributed by atoms with van der Waals surface area (Å²) in [4.78, 5) is 14.8. The monoisotopic (exact) mass is 456 g/mol. The summed E-state index contributed by atoms with van der Waals surface area (Å²) in [6.07, 6.45) is 0. The first-order valence-electron chi connectivity index (χ1n) is 10.6. The van der Waals surface area contributed by atoms with Crippen molar-refractivity contribution in [1.82, 2.24) is 9.62 Å². The van der Waals surface area contributed by atoms with Gasteiger partial charge in [0.25, 0.3) is 5.91 Å². The zero-order valence-corrected chi connectivity index (χ0v) is 19.6. The van der Waals surface area contributed by atoms with Crippen LogP contribution in [-0.2, 0) is 21.3 Å². The van der Waals surface area contributed by atoms with Crippen LogP contribution in [0.2, 0.25) is 0 Å². The maximum atomic E-state index is 13.4. The molecule has 1 fully saturated rings. The lowest BCUT2D eigenvalue weighted by molar-refractivity contribution is 0.0283.